The molecule has 2 aromatic rings. The van der Waals surface area contributed by atoms with Crippen LogP contribution in [0.4, 0.5) is 5.82 Å². The molecule has 4 nitrogen and oxygen atoms in total. The molecule has 6 heteroatoms. The number of nitrogen functional groups attached to an aromatic ring is 1. The van der Waals surface area contributed by atoms with Crippen LogP contribution in [0.15, 0.2) is 51.1 Å². The van der Waals surface area contributed by atoms with Gasteiger partial charge in [-0.05, 0) is 28.1 Å². The summed E-state index contributed by atoms with van der Waals surface area (Å²) in [5, 5.41) is 0.842. The number of hydrogen-bond donors (Lipinski definition) is 2. The Labute approximate surface area is 106 Å². The number of benzene rings is 1. The number of hydrogen-bond acceptors (Lipinski definition) is 5. The van der Waals surface area contributed by atoms with E-state index < -0.39 is 0 Å². The highest BCUT2D eigenvalue weighted by molar-refractivity contribution is 9.10. The lowest BCUT2D eigenvalue weighted by Crippen LogP contribution is -2.08. The highest BCUT2D eigenvalue weighted by atomic mass is 79.9. The van der Waals surface area contributed by atoms with Crippen LogP contribution in [0.25, 0.3) is 0 Å². The molecule has 0 fully saturated rings. The summed E-state index contributed by atoms with van der Waals surface area (Å²) in [5.74, 6) is 5.88. The van der Waals surface area contributed by atoms with Gasteiger partial charge in [0, 0.05) is 15.4 Å². The van der Waals surface area contributed by atoms with Crippen LogP contribution in [0.3, 0.4) is 0 Å². The molecule has 0 bridgehead atoms. The fourth-order valence-electron chi connectivity index (χ4n) is 1.11. The molecule has 0 spiro atoms. The second-order valence-corrected chi connectivity index (χ2v) is 4.83. The van der Waals surface area contributed by atoms with Gasteiger partial charge >= 0.3 is 0 Å². The monoisotopic (exact) mass is 296 g/mol. The van der Waals surface area contributed by atoms with Gasteiger partial charge in [0.15, 0.2) is 0 Å². The van der Waals surface area contributed by atoms with E-state index in [0.29, 0.717) is 5.82 Å². The van der Waals surface area contributed by atoms with Crippen LogP contribution in [-0.2, 0) is 0 Å². The summed E-state index contributed by atoms with van der Waals surface area (Å²) in [6, 6.07) is 9.76. The molecule has 82 valence electrons. The quantitative estimate of drug-likeness (QED) is 0.518. The standard InChI is InChI=1S/C10H9BrN4S/c11-7-3-1-2-4-8(7)16-10-5-9(15-12)13-6-14-10/h1-6H,12H2,(H,13,14,15). The number of nitrogens with two attached hydrogens (primary N) is 1. The maximum Gasteiger partial charge on any atom is 0.144 e. The van der Waals surface area contributed by atoms with Crippen molar-refractivity contribution < 1.29 is 0 Å². The van der Waals surface area contributed by atoms with Crippen molar-refractivity contribution in [2.45, 2.75) is 9.92 Å². The molecule has 0 atom stereocenters. The van der Waals surface area contributed by atoms with Crippen LogP contribution in [0.5, 0.6) is 0 Å². The maximum absolute atomic E-state index is 5.28. The van der Waals surface area contributed by atoms with Gasteiger partial charge in [-0.2, -0.15) is 0 Å². The summed E-state index contributed by atoms with van der Waals surface area (Å²) in [4.78, 5) is 9.21. The van der Waals surface area contributed by atoms with Crippen molar-refractivity contribution in [1.29, 1.82) is 0 Å². The van der Waals surface area contributed by atoms with Crippen molar-refractivity contribution in [1.82, 2.24) is 9.97 Å². The summed E-state index contributed by atoms with van der Waals surface area (Å²) >= 11 is 5.03. The van der Waals surface area contributed by atoms with Crippen LogP contribution >= 0.6 is 27.7 Å². The van der Waals surface area contributed by atoms with Gasteiger partial charge in [0.05, 0.1) is 0 Å². The van der Waals surface area contributed by atoms with Gasteiger partial charge in [-0.3, -0.25) is 0 Å². The van der Waals surface area contributed by atoms with Crippen LogP contribution in [-0.4, -0.2) is 9.97 Å². The molecule has 0 aliphatic rings. The van der Waals surface area contributed by atoms with Gasteiger partial charge in [0.1, 0.15) is 17.2 Å². The minimum absolute atomic E-state index is 0.601. The van der Waals surface area contributed by atoms with Gasteiger partial charge in [-0.15, -0.1) is 0 Å². The molecule has 0 radical (unpaired) electrons. The summed E-state index contributed by atoms with van der Waals surface area (Å²) < 4.78 is 1.04. The molecule has 1 aromatic heterocycles. The van der Waals surface area contributed by atoms with Crippen molar-refractivity contribution in [2.75, 3.05) is 5.43 Å². The van der Waals surface area contributed by atoms with Gasteiger partial charge in [-0.1, -0.05) is 23.9 Å². The Morgan fingerprint density at radius 3 is 2.81 bits per heavy atom. The van der Waals surface area contributed by atoms with E-state index in [1.807, 2.05) is 24.3 Å². The predicted octanol–water partition coefficient (Wildman–Crippen LogP) is 2.68. The lowest BCUT2D eigenvalue weighted by molar-refractivity contribution is 1.04. The van der Waals surface area contributed by atoms with Crippen LogP contribution < -0.4 is 11.3 Å². The maximum atomic E-state index is 5.28. The highest BCUT2D eigenvalue weighted by Crippen LogP contribution is 2.32. The number of nitrogens with zero attached hydrogens (tertiary/aromatic N) is 2. The molecule has 0 saturated carbocycles. The molecular weight excluding hydrogens is 288 g/mol. The molecule has 0 unspecified atom stereocenters. The average Bonchev–Trinajstić information content (AvgIpc) is 2.32. The molecule has 0 saturated heterocycles. The van der Waals surface area contributed by atoms with Crippen molar-refractivity contribution in [3.8, 4) is 0 Å². The minimum Gasteiger partial charge on any atom is -0.308 e. The third-order valence-corrected chi connectivity index (χ3v) is 3.80. The zero-order valence-corrected chi connectivity index (χ0v) is 10.6. The molecule has 0 amide bonds. The fourth-order valence-corrected chi connectivity index (χ4v) is 2.45. The number of aromatic nitrogens is 2. The lowest BCUT2D eigenvalue weighted by Gasteiger charge is -2.04. The minimum atomic E-state index is 0.601. The van der Waals surface area contributed by atoms with Crippen molar-refractivity contribution in [3.05, 3.63) is 41.1 Å². The van der Waals surface area contributed by atoms with E-state index in [-0.39, 0.29) is 0 Å². The van der Waals surface area contributed by atoms with Crippen molar-refractivity contribution in [3.63, 3.8) is 0 Å². The molecule has 16 heavy (non-hydrogen) atoms. The number of halogens is 1. The Hall–Kier alpha value is -1.11. The molecule has 0 aliphatic heterocycles. The second-order valence-electron chi connectivity index (χ2n) is 2.92. The van der Waals surface area contributed by atoms with E-state index >= 15 is 0 Å². The fraction of sp³-hybridized carbons (Fsp3) is 0. The molecular formula is C10H9BrN4S. The van der Waals surface area contributed by atoms with Gasteiger partial charge in [0.25, 0.3) is 0 Å². The van der Waals surface area contributed by atoms with Crippen LogP contribution in [0.1, 0.15) is 0 Å². The first-order valence-electron chi connectivity index (χ1n) is 4.50. The molecule has 0 aliphatic carbocycles. The molecule has 3 N–H and O–H groups in total. The third-order valence-electron chi connectivity index (χ3n) is 1.84. The van der Waals surface area contributed by atoms with Crippen molar-refractivity contribution in [2.24, 2.45) is 5.84 Å². The average molecular weight is 297 g/mol. The number of hydrazine groups is 1. The second kappa shape index (κ2) is 5.29. The topological polar surface area (TPSA) is 63.8 Å². The van der Waals surface area contributed by atoms with E-state index in [9.17, 15) is 0 Å². The molecule has 2 rings (SSSR count). The summed E-state index contributed by atoms with van der Waals surface area (Å²) in [7, 11) is 0. The van der Waals surface area contributed by atoms with Crippen LogP contribution in [0.2, 0.25) is 0 Å². The van der Waals surface area contributed by atoms with Gasteiger partial charge < -0.3 is 5.43 Å². The molecule has 1 aromatic carbocycles. The Bertz CT molecular complexity index is 492. The Balaban J connectivity index is 2.24. The lowest BCUT2D eigenvalue weighted by atomic mass is 10.4. The zero-order chi connectivity index (χ0) is 11.4. The van der Waals surface area contributed by atoms with E-state index in [1.165, 1.54) is 6.33 Å². The first kappa shape index (κ1) is 11.4. The Kier molecular flexibility index (Phi) is 3.76. The van der Waals surface area contributed by atoms with Crippen LogP contribution in [0, 0.1) is 0 Å². The highest BCUT2D eigenvalue weighted by Gasteiger charge is 2.03. The van der Waals surface area contributed by atoms with E-state index in [2.05, 4.69) is 31.3 Å². The summed E-state index contributed by atoms with van der Waals surface area (Å²) in [5.41, 5.74) is 2.49. The van der Waals surface area contributed by atoms with E-state index in [0.717, 1.165) is 14.4 Å². The number of rotatable bonds is 3. The zero-order valence-electron chi connectivity index (χ0n) is 8.22. The Morgan fingerprint density at radius 2 is 2.06 bits per heavy atom. The number of anilines is 1. The van der Waals surface area contributed by atoms with Crippen molar-refractivity contribution >= 4 is 33.5 Å². The van der Waals surface area contributed by atoms with E-state index in [4.69, 9.17) is 5.84 Å². The van der Waals surface area contributed by atoms with E-state index in [1.54, 1.807) is 17.8 Å². The largest absolute Gasteiger partial charge is 0.308 e. The first-order chi connectivity index (χ1) is 7.79. The SMILES string of the molecule is NNc1cc(Sc2ccccc2Br)ncn1. The summed E-state index contributed by atoms with van der Waals surface area (Å²) in [6.07, 6.45) is 1.48. The van der Waals surface area contributed by atoms with Gasteiger partial charge in [-0.25, -0.2) is 15.8 Å². The Morgan fingerprint density at radius 1 is 1.25 bits per heavy atom. The van der Waals surface area contributed by atoms with Gasteiger partial charge in [0.2, 0.25) is 0 Å². The smallest absolute Gasteiger partial charge is 0.144 e. The number of nitrogens with one attached hydrogen (secondary N) is 1. The summed E-state index contributed by atoms with van der Waals surface area (Å²) in [6.45, 7) is 0. The molecule has 1 heterocycles. The predicted molar refractivity (Wildman–Crippen MR) is 68.1 cm³/mol. The first-order valence-corrected chi connectivity index (χ1v) is 6.11. The normalized spacial score (nSPS) is 10.1. The third kappa shape index (κ3) is 2.72.